The molecule has 1 aromatic rings. The maximum absolute atomic E-state index is 5.25. The Labute approximate surface area is 78.8 Å². The normalized spacial score (nSPS) is 12.3. The fraction of sp³-hybridized carbons (Fsp3) is 0.182. The second kappa shape index (κ2) is 4.45. The first-order chi connectivity index (χ1) is 6.25. The van der Waals surface area contributed by atoms with Gasteiger partial charge in [-0.2, -0.15) is 0 Å². The highest BCUT2D eigenvalue weighted by Crippen LogP contribution is 2.14. The van der Waals surface area contributed by atoms with Crippen molar-refractivity contribution >= 4 is 5.57 Å². The van der Waals surface area contributed by atoms with Crippen LogP contribution in [0.5, 0.6) is 0 Å². The summed E-state index contributed by atoms with van der Waals surface area (Å²) < 4.78 is 0. The van der Waals surface area contributed by atoms with E-state index in [1.807, 2.05) is 38.1 Å². The third-order valence-corrected chi connectivity index (χ3v) is 1.84. The smallest absolute Gasteiger partial charge is 0.0687 e. The van der Waals surface area contributed by atoms with Crippen LogP contribution in [-0.2, 0) is 0 Å². The average Bonchev–Trinajstić information content (AvgIpc) is 2.15. The van der Waals surface area contributed by atoms with Crippen molar-refractivity contribution in [3.05, 3.63) is 47.9 Å². The summed E-state index contributed by atoms with van der Waals surface area (Å²) in [4.78, 5) is 4.29. The van der Waals surface area contributed by atoms with Crippen molar-refractivity contribution < 1.29 is 0 Å². The molecule has 0 bridgehead atoms. The molecular weight excluding hydrogens is 160 g/mol. The lowest BCUT2D eigenvalue weighted by Gasteiger charge is -2.02. The average molecular weight is 174 g/mol. The summed E-state index contributed by atoms with van der Waals surface area (Å²) in [6.07, 6.45) is 7.08. The van der Waals surface area contributed by atoms with Crippen molar-refractivity contribution in [1.82, 2.24) is 4.98 Å². The van der Waals surface area contributed by atoms with Gasteiger partial charge in [0.1, 0.15) is 0 Å². The van der Waals surface area contributed by atoms with Gasteiger partial charge in [0, 0.05) is 6.20 Å². The molecule has 68 valence electrons. The van der Waals surface area contributed by atoms with Crippen molar-refractivity contribution in [3.63, 3.8) is 0 Å². The maximum atomic E-state index is 5.25. The van der Waals surface area contributed by atoms with Crippen LogP contribution in [0.25, 0.3) is 5.57 Å². The van der Waals surface area contributed by atoms with E-state index in [2.05, 4.69) is 4.98 Å². The molecule has 0 aliphatic heterocycles. The van der Waals surface area contributed by atoms with Crippen LogP contribution in [0.3, 0.4) is 0 Å². The first kappa shape index (κ1) is 9.52. The highest BCUT2D eigenvalue weighted by Gasteiger charge is 1.98. The molecule has 0 aliphatic carbocycles. The van der Waals surface area contributed by atoms with Crippen LogP contribution in [0.2, 0.25) is 0 Å². The molecule has 0 unspecified atom stereocenters. The van der Waals surface area contributed by atoms with Crippen molar-refractivity contribution in [2.24, 2.45) is 5.73 Å². The van der Waals surface area contributed by atoms with Gasteiger partial charge >= 0.3 is 0 Å². The molecule has 0 spiro atoms. The number of hydrogen-bond acceptors (Lipinski definition) is 2. The van der Waals surface area contributed by atoms with E-state index >= 15 is 0 Å². The van der Waals surface area contributed by atoms with Crippen LogP contribution in [0.15, 0.2) is 36.7 Å². The minimum atomic E-state index is 1.03. The Morgan fingerprint density at radius 1 is 1.54 bits per heavy atom. The summed E-state index contributed by atoms with van der Waals surface area (Å²) in [5.74, 6) is 0. The lowest BCUT2D eigenvalue weighted by Crippen LogP contribution is -1.89. The second-order valence-electron chi connectivity index (χ2n) is 2.90. The number of aryl methyl sites for hydroxylation is 1. The van der Waals surface area contributed by atoms with Crippen LogP contribution < -0.4 is 5.73 Å². The number of nitrogens with two attached hydrogens (primary N) is 1. The molecule has 2 N–H and O–H groups in total. The zero-order valence-electron chi connectivity index (χ0n) is 7.99. The molecular formula is C11H14N2. The third kappa shape index (κ3) is 2.44. The Morgan fingerprint density at radius 3 is 2.92 bits per heavy atom. The van der Waals surface area contributed by atoms with Gasteiger partial charge in [-0.1, -0.05) is 12.1 Å². The van der Waals surface area contributed by atoms with E-state index < -0.39 is 0 Å². The molecule has 1 heterocycles. The Bertz CT molecular complexity index is 338. The molecule has 1 rings (SSSR count). The molecule has 0 saturated heterocycles. The standard InChI is InChI=1S/C11H14N2/c1-9(5-3-7-12)11-10(2)6-4-8-13-11/h3-8H,12H2,1-2H3/b7-3-,9-5+. The quantitative estimate of drug-likeness (QED) is 0.698. The SMILES string of the molecule is C/C(=C\C=C/N)c1ncccc1C. The van der Waals surface area contributed by atoms with Crippen molar-refractivity contribution in [2.45, 2.75) is 13.8 Å². The van der Waals surface area contributed by atoms with Gasteiger partial charge in [0.15, 0.2) is 0 Å². The zero-order chi connectivity index (χ0) is 9.68. The van der Waals surface area contributed by atoms with Gasteiger partial charge in [0.25, 0.3) is 0 Å². The molecule has 2 nitrogen and oxygen atoms in total. The topological polar surface area (TPSA) is 38.9 Å². The molecule has 0 aliphatic rings. The van der Waals surface area contributed by atoms with Crippen molar-refractivity contribution in [1.29, 1.82) is 0 Å². The zero-order valence-corrected chi connectivity index (χ0v) is 7.99. The fourth-order valence-electron chi connectivity index (χ4n) is 1.18. The van der Waals surface area contributed by atoms with E-state index in [1.54, 1.807) is 6.20 Å². The Balaban J connectivity index is 3.01. The van der Waals surface area contributed by atoms with Crippen molar-refractivity contribution in [2.75, 3.05) is 0 Å². The predicted octanol–water partition coefficient (Wildman–Crippen LogP) is 2.27. The first-order valence-electron chi connectivity index (χ1n) is 4.23. The van der Waals surface area contributed by atoms with Gasteiger partial charge in [-0.15, -0.1) is 0 Å². The number of aromatic nitrogens is 1. The van der Waals surface area contributed by atoms with E-state index in [4.69, 9.17) is 5.73 Å². The summed E-state index contributed by atoms with van der Waals surface area (Å²) in [7, 11) is 0. The van der Waals surface area contributed by atoms with E-state index in [-0.39, 0.29) is 0 Å². The largest absolute Gasteiger partial charge is 0.405 e. The van der Waals surface area contributed by atoms with Crippen LogP contribution in [0, 0.1) is 6.92 Å². The molecule has 0 aromatic carbocycles. The molecule has 0 atom stereocenters. The van der Waals surface area contributed by atoms with E-state index in [1.165, 1.54) is 11.8 Å². The van der Waals surface area contributed by atoms with Gasteiger partial charge in [0.05, 0.1) is 5.69 Å². The molecule has 2 heteroatoms. The summed E-state index contributed by atoms with van der Waals surface area (Å²) >= 11 is 0. The molecule has 13 heavy (non-hydrogen) atoms. The molecule has 1 aromatic heterocycles. The minimum Gasteiger partial charge on any atom is -0.405 e. The molecule has 0 amide bonds. The van der Waals surface area contributed by atoms with Crippen LogP contribution in [0.1, 0.15) is 18.2 Å². The van der Waals surface area contributed by atoms with Crippen molar-refractivity contribution in [3.8, 4) is 0 Å². The molecule has 0 saturated carbocycles. The van der Waals surface area contributed by atoms with Crippen LogP contribution >= 0.6 is 0 Å². The number of allylic oxidation sites excluding steroid dienone is 3. The number of rotatable bonds is 2. The maximum Gasteiger partial charge on any atom is 0.0687 e. The summed E-state index contributed by atoms with van der Waals surface area (Å²) in [5.41, 5.74) is 8.58. The highest BCUT2D eigenvalue weighted by atomic mass is 14.7. The Morgan fingerprint density at radius 2 is 2.31 bits per heavy atom. The molecule has 0 fully saturated rings. The number of nitrogens with zero attached hydrogens (tertiary/aromatic N) is 1. The third-order valence-electron chi connectivity index (χ3n) is 1.84. The second-order valence-corrected chi connectivity index (χ2v) is 2.90. The van der Waals surface area contributed by atoms with Gasteiger partial charge < -0.3 is 5.73 Å². The number of pyridine rings is 1. The van der Waals surface area contributed by atoms with E-state index in [0.29, 0.717) is 0 Å². The number of hydrogen-bond donors (Lipinski definition) is 1. The van der Waals surface area contributed by atoms with Gasteiger partial charge in [-0.25, -0.2) is 0 Å². The fourth-order valence-corrected chi connectivity index (χ4v) is 1.18. The lowest BCUT2D eigenvalue weighted by molar-refractivity contribution is 1.21. The Hall–Kier alpha value is -1.57. The minimum absolute atomic E-state index is 1.03. The van der Waals surface area contributed by atoms with E-state index in [0.717, 1.165) is 11.3 Å². The van der Waals surface area contributed by atoms with Gasteiger partial charge in [0.2, 0.25) is 0 Å². The van der Waals surface area contributed by atoms with Gasteiger partial charge in [-0.05, 0) is 43.3 Å². The van der Waals surface area contributed by atoms with Crippen LogP contribution in [-0.4, -0.2) is 4.98 Å². The Kier molecular flexibility index (Phi) is 3.26. The lowest BCUT2D eigenvalue weighted by atomic mass is 10.1. The summed E-state index contributed by atoms with van der Waals surface area (Å²) in [6.45, 7) is 4.07. The predicted molar refractivity (Wildman–Crippen MR) is 56.0 cm³/mol. The summed E-state index contributed by atoms with van der Waals surface area (Å²) in [6, 6.07) is 3.98. The highest BCUT2D eigenvalue weighted by molar-refractivity contribution is 5.64. The first-order valence-corrected chi connectivity index (χ1v) is 4.23. The summed E-state index contributed by atoms with van der Waals surface area (Å²) in [5, 5.41) is 0. The monoisotopic (exact) mass is 174 g/mol. The van der Waals surface area contributed by atoms with E-state index in [9.17, 15) is 0 Å². The van der Waals surface area contributed by atoms with Crippen LogP contribution in [0.4, 0.5) is 0 Å². The molecule has 0 radical (unpaired) electrons. The van der Waals surface area contributed by atoms with Gasteiger partial charge in [-0.3, -0.25) is 4.98 Å².